The maximum atomic E-state index is 12.3. The monoisotopic (exact) mass is 288 g/mol. The quantitative estimate of drug-likeness (QED) is 0.860. The van der Waals surface area contributed by atoms with Crippen LogP contribution in [0.5, 0.6) is 0 Å². The Bertz CT molecular complexity index is 584. The second kappa shape index (κ2) is 5.74. The summed E-state index contributed by atoms with van der Waals surface area (Å²) in [6.45, 7) is 5.67. The molecular formula is C16H20N2O3. The van der Waals surface area contributed by atoms with Crippen LogP contribution in [0, 0.1) is 11.3 Å². The van der Waals surface area contributed by atoms with Crippen LogP contribution in [0.1, 0.15) is 37.5 Å². The van der Waals surface area contributed by atoms with E-state index in [1.807, 2.05) is 26.8 Å². The molecule has 1 aliphatic rings. The molecule has 1 aliphatic heterocycles. The van der Waals surface area contributed by atoms with E-state index in [0.717, 1.165) is 11.1 Å². The van der Waals surface area contributed by atoms with E-state index in [0.29, 0.717) is 18.5 Å². The molecular weight excluding hydrogens is 268 g/mol. The first-order chi connectivity index (χ1) is 9.84. The lowest BCUT2D eigenvalue weighted by Gasteiger charge is -2.37. The summed E-state index contributed by atoms with van der Waals surface area (Å²) in [6.07, 6.45) is 0.131. The minimum Gasteiger partial charge on any atom is -0.444 e. The molecule has 0 aliphatic carbocycles. The molecule has 2 rings (SSSR count). The van der Waals surface area contributed by atoms with Gasteiger partial charge in [-0.3, -0.25) is 4.90 Å². The van der Waals surface area contributed by atoms with E-state index in [9.17, 15) is 9.90 Å². The van der Waals surface area contributed by atoms with Gasteiger partial charge in [0.05, 0.1) is 24.3 Å². The van der Waals surface area contributed by atoms with Gasteiger partial charge >= 0.3 is 6.09 Å². The second-order valence-electron chi connectivity index (χ2n) is 6.24. The lowest BCUT2D eigenvalue weighted by molar-refractivity contribution is 0.00461. The largest absolute Gasteiger partial charge is 0.444 e. The lowest BCUT2D eigenvalue weighted by atomic mass is 9.93. The molecule has 1 unspecified atom stereocenters. The number of ether oxygens (including phenoxy) is 1. The zero-order chi connectivity index (χ0) is 15.6. The maximum absolute atomic E-state index is 12.3. The van der Waals surface area contributed by atoms with Crippen molar-refractivity contribution in [3.8, 4) is 6.07 Å². The Hall–Kier alpha value is -2.06. The van der Waals surface area contributed by atoms with Crippen molar-refractivity contribution in [3.05, 3.63) is 34.9 Å². The van der Waals surface area contributed by atoms with Gasteiger partial charge in [0, 0.05) is 6.54 Å². The highest BCUT2D eigenvalue weighted by atomic mass is 16.6. The molecule has 5 heteroatoms. The second-order valence-corrected chi connectivity index (χ2v) is 6.24. The first kappa shape index (κ1) is 15.3. The lowest BCUT2D eigenvalue weighted by Crippen LogP contribution is -2.48. The van der Waals surface area contributed by atoms with Gasteiger partial charge < -0.3 is 9.84 Å². The third-order valence-corrected chi connectivity index (χ3v) is 3.41. The van der Waals surface area contributed by atoms with Gasteiger partial charge in [0.1, 0.15) is 5.60 Å². The van der Waals surface area contributed by atoms with Crippen molar-refractivity contribution in [1.82, 2.24) is 4.90 Å². The minimum atomic E-state index is -0.578. The Kier molecular flexibility index (Phi) is 4.19. The summed E-state index contributed by atoms with van der Waals surface area (Å²) in [6, 6.07) is 7.25. The number of benzene rings is 1. The summed E-state index contributed by atoms with van der Waals surface area (Å²) in [5, 5.41) is 18.5. The molecule has 0 saturated heterocycles. The molecule has 0 spiro atoms. The molecule has 1 heterocycles. The minimum absolute atomic E-state index is 0.112. The number of rotatable bonds is 1. The average molecular weight is 288 g/mol. The molecule has 0 fully saturated rings. The van der Waals surface area contributed by atoms with Crippen LogP contribution in [-0.4, -0.2) is 34.3 Å². The van der Waals surface area contributed by atoms with Crippen molar-refractivity contribution in [2.24, 2.45) is 0 Å². The molecule has 0 saturated carbocycles. The molecule has 1 aromatic carbocycles. The number of nitrogens with zero attached hydrogens (tertiary/aromatic N) is 2. The van der Waals surface area contributed by atoms with Gasteiger partial charge in [-0.05, 0) is 50.5 Å². The average Bonchev–Trinajstić information content (AvgIpc) is 2.43. The number of carbonyl (C=O) groups is 1. The van der Waals surface area contributed by atoms with Crippen molar-refractivity contribution < 1.29 is 14.6 Å². The summed E-state index contributed by atoms with van der Waals surface area (Å²) >= 11 is 0. The predicted molar refractivity (Wildman–Crippen MR) is 77.5 cm³/mol. The molecule has 0 aromatic heterocycles. The van der Waals surface area contributed by atoms with Crippen LogP contribution in [0.25, 0.3) is 0 Å². The zero-order valence-corrected chi connectivity index (χ0v) is 12.6. The Morgan fingerprint density at radius 2 is 2.19 bits per heavy atom. The summed E-state index contributed by atoms with van der Waals surface area (Å²) in [7, 11) is 0. The van der Waals surface area contributed by atoms with Crippen LogP contribution >= 0.6 is 0 Å². The van der Waals surface area contributed by atoms with E-state index in [4.69, 9.17) is 10.00 Å². The van der Waals surface area contributed by atoms with Crippen molar-refractivity contribution in [3.63, 3.8) is 0 Å². The van der Waals surface area contributed by atoms with Crippen LogP contribution in [0.3, 0.4) is 0 Å². The predicted octanol–water partition coefficient (Wildman–Crippen LogP) is 2.21. The third-order valence-electron chi connectivity index (χ3n) is 3.41. The first-order valence-electron chi connectivity index (χ1n) is 6.96. The Morgan fingerprint density at radius 1 is 1.48 bits per heavy atom. The third kappa shape index (κ3) is 3.53. The van der Waals surface area contributed by atoms with E-state index >= 15 is 0 Å². The smallest absolute Gasteiger partial charge is 0.410 e. The number of amides is 1. The van der Waals surface area contributed by atoms with E-state index in [1.165, 1.54) is 4.90 Å². The standard InChI is InChI=1S/C16H20N2O3/c1-16(2,3)21-15(20)18-9-13-6-11(8-17)4-5-12(13)7-14(18)10-19/h4-6,14,19H,7,9-10H2,1-3H3. The fourth-order valence-corrected chi connectivity index (χ4v) is 2.42. The molecule has 21 heavy (non-hydrogen) atoms. The van der Waals surface area contributed by atoms with E-state index in [1.54, 1.807) is 12.1 Å². The number of aliphatic hydroxyl groups excluding tert-OH is 1. The normalized spacial score (nSPS) is 17.9. The SMILES string of the molecule is CC(C)(C)OC(=O)N1Cc2cc(C#N)ccc2CC1CO. The van der Waals surface area contributed by atoms with Crippen LogP contribution < -0.4 is 0 Å². The summed E-state index contributed by atoms with van der Waals surface area (Å²) < 4.78 is 5.39. The van der Waals surface area contributed by atoms with Crippen molar-refractivity contribution in [2.75, 3.05) is 6.61 Å². The highest BCUT2D eigenvalue weighted by Gasteiger charge is 2.32. The van der Waals surface area contributed by atoms with Crippen molar-refractivity contribution >= 4 is 6.09 Å². The molecule has 0 radical (unpaired) electrons. The van der Waals surface area contributed by atoms with Gasteiger partial charge in [-0.2, -0.15) is 5.26 Å². The zero-order valence-electron chi connectivity index (χ0n) is 12.6. The Balaban J connectivity index is 2.26. The number of nitriles is 1. The highest BCUT2D eigenvalue weighted by molar-refractivity contribution is 5.69. The molecule has 0 bridgehead atoms. The maximum Gasteiger partial charge on any atom is 0.410 e. The van der Waals surface area contributed by atoms with Crippen LogP contribution in [0.4, 0.5) is 4.79 Å². The molecule has 1 amide bonds. The molecule has 112 valence electrons. The molecule has 1 N–H and O–H groups in total. The highest BCUT2D eigenvalue weighted by Crippen LogP contribution is 2.26. The van der Waals surface area contributed by atoms with Crippen molar-refractivity contribution in [2.45, 2.75) is 45.4 Å². The summed E-state index contributed by atoms with van der Waals surface area (Å²) in [5.74, 6) is 0. The van der Waals surface area contributed by atoms with Gasteiger partial charge in [-0.1, -0.05) is 6.07 Å². The number of hydrogen-bond donors (Lipinski definition) is 1. The topological polar surface area (TPSA) is 73.6 Å². The number of hydrogen-bond acceptors (Lipinski definition) is 4. The van der Waals surface area contributed by atoms with Crippen LogP contribution in [0.15, 0.2) is 18.2 Å². The fourth-order valence-electron chi connectivity index (χ4n) is 2.42. The van der Waals surface area contributed by atoms with Gasteiger partial charge in [0.2, 0.25) is 0 Å². The van der Waals surface area contributed by atoms with Crippen molar-refractivity contribution in [1.29, 1.82) is 5.26 Å². The molecule has 1 atom stereocenters. The van der Waals surface area contributed by atoms with E-state index in [-0.39, 0.29) is 12.6 Å². The molecule has 1 aromatic rings. The number of fused-ring (bicyclic) bond motifs is 1. The first-order valence-corrected chi connectivity index (χ1v) is 6.96. The fraction of sp³-hybridized carbons (Fsp3) is 0.500. The van der Waals surface area contributed by atoms with Gasteiger partial charge in [-0.15, -0.1) is 0 Å². The van der Waals surface area contributed by atoms with E-state index in [2.05, 4.69) is 6.07 Å². The number of aliphatic hydroxyl groups is 1. The van der Waals surface area contributed by atoms with Gasteiger partial charge in [0.25, 0.3) is 0 Å². The Morgan fingerprint density at radius 3 is 2.76 bits per heavy atom. The van der Waals surface area contributed by atoms with Gasteiger partial charge in [-0.25, -0.2) is 4.79 Å². The Labute approximate surface area is 124 Å². The van der Waals surface area contributed by atoms with E-state index < -0.39 is 11.7 Å². The van der Waals surface area contributed by atoms with Crippen LogP contribution in [0.2, 0.25) is 0 Å². The van der Waals surface area contributed by atoms with Gasteiger partial charge in [0.15, 0.2) is 0 Å². The van der Waals surface area contributed by atoms with Crippen LogP contribution in [-0.2, 0) is 17.7 Å². The number of carbonyl (C=O) groups excluding carboxylic acids is 1. The summed E-state index contributed by atoms with van der Waals surface area (Å²) in [5.41, 5.74) is 1.99. The summed E-state index contributed by atoms with van der Waals surface area (Å²) in [4.78, 5) is 13.8. The molecule has 5 nitrogen and oxygen atoms in total.